The Morgan fingerprint density at radius 3 is 2.38 bits per heavy atom. The predicted molar refractivity (Wildman–Crippen MR) is 84.9 cm³/mol. The molecule has 1 N–H and O–H groups in total. The third kappa shape index (κ3) is 3.76. The van der Waals surface area contributed by atoms with E-state index in [4.69, 9.17) is 16.3 Å². The quantitative estimate of drug-likeness (QED) is 0.926. The van der Waals surface area contributed by atoms with Gasteiger partial charge in [0.25, 0.3) is 5.91 Å². The maximum Gasteiger partial charge on any atom is 0.252 e. The number of nitrogens with one attached hydrogen (secondary N) is 1. The Balaban J connectivity index is 2.17. The van der Waals surface area contributed by atoms with E-state index < -0.39 is 5.54 Å². The third-order valence-corrected chi connectivity index (χ3v) is 3.56. The lowest BCUT2D eigenvalue weighted by molar-refractivity contribution is 0.0912. The number of carbonyl (C=O) groups is 1. The molecule has 0 spiro atoms. The SMILES string of the molecule is COc1ccc(C(C)(C)NC(=O)c2cccc(Cl)c2)cc1. The van der Waals surface area contributed by atoms with Crippen LogP contribution in [0.1, 0.15) is 29.8 Å². The standard InChI is InChI=1S/C17H18ClNO2/c1-17(2,13-7-9-15(21-3)10-8-13)19-16(20)12-5-4-6-14(18)11-12/h4-11H,1-3H3,(H,19,20). The van der Waals surface area contributed by atoms with E-state index in [2.05, 4.69) is 5.32 Å². The molecule has 1 amide bonds. The summed E-state index contributed by atoms with van der Waals surface area (Å²) in [5, 5.41) is 3.56. The zero-order valence-corrected chi connectivity index (χ0v) is 13.1. The number of carbonyl (C=O) groups excluding carboxylic acids is 1. The number of amides is 1. The van der Waals surface area contributed by atoms with Gasteiger partial charge in [-0.25, -0.2) is 0 Å². The minimum absolute atomic E-state index is 0.154. The zero-order valence-electron chi connectivity index (χ0n) is 12.3. The van der Waals surface area contributed by atoms with Crippen LogP contribution in [0.2, 0.25) is 5.02 Å². The van der Waals surface area contributed by atoms with Crippen molar-refractivity contribution < 1.29 is 9.53 Å². The van der Waals surface area contributed by atoms with Crippen molar-refractivity contribution in [2.45, 2.75) is 19.4 Å². The molecular weight excluding hydrogens is 286 g/mol. The van der Waals surface area contributed by atoms with E-state index >= 15 is 0 Å². The zero-order chi connectivity index (χ0) is 15.5. The van der Waals surface area contributed by atoms with Crippen LogP contribution >= 0.6 is 11.6 Å². The largest absolute Gasteiger partial charge is 0.497 e. The minimum Gasteiger partial charge on any atom is -0.497 e. The number of ether oxygens (including phenoxy) is 1. The number of halogens is 1. The highest BCUT2D eigenvalue weighted by Gasteiger charge is 2.23. The van der Waals surface area contributed by atoms with Crippen LogP contribution in [-0.2, 0) is 5.54 Å². The third-order valence-electron chi connectivity index (χ3n) is 3.32. The fourth-order valence-corrected chi connectivity index (χ4v) is 2.26. The van der Waals surface area contributed by atoms with Crippen LogP contribution in [0.4, 0.5) is 0 Å². The minimum atomic E-state index is -0.494. The molecule has 4 heteroatoms. The second-order valence-electron chi connectivity index (χ2n) is 5.32. The first-order valence-electron chi connectivity index (χ1n) is 6.65. The molecule has 2 aromatic rings. The van der Waals surface area contributed by atoms with Crippen molar-refractivity contribution in [1.82, 2.24) is 5.32 Å². The summed E-state index contributed by atoms with van der Waals surface area (Å²) in [7, 11) is 1.63. The topological polar surface area (TPSA) is 38.3 Å². The van der Waals surface area contributed by atoms with Gasteiger partial charge in [0.2, 0.25) is 0 Å². The number of methoxy groups -OCH3 is 1. The molecule has 0 aliphatic heterocycles. The van der Waals surface area contributed by atoms with Crippen LogP contribution in [0.15, 0.2) is 48.5 Å². The average Bonchev–Trinajstić information content (AvgIpc) is 2.47. The first-order valence-corrected chi connectivity index (χ1v) is 7.03. The first kappa shape index (κ1) is 15.4. The molecule has 3 nitrogen and oxygen atoms in total. The van der Waals surface area contributed by atoms with E-state index in [0.29, 0.717) is 10.6 Å². The summed E-state index contributed by atoms with van der Waals surface area (Å²) in [6.45, 7) is 3.91. The van der Waals surface area contributed by atoms with E-state index in [0.717, 1.165) is 11.3 Å². The Morgan fingerprint density at radius 2 is 1.81 bits per heavy atom. The summed E-state index contributed by atoms with van der Waals surface area (Å²) >= 11 is 5.92. The predicted octanol–water partition coefficient (Wildman–Crippen LogP) is 4.01. The Kier molecular flexibility index (Phi) is 4.53. The Bertz CT molecular complexity index is 635. The lowest BCUT2D eigenvalue weighted by atomic mass is 9.93. The number of benzene rings is 2. The molecule has 110 valence electrons. The second-order valence-corrected chi connectivity index (χ2v) is 5.75. The van der Waals surface area contributed by atoms with Crippen molar-refractivity contribution in [3.05, 3.63) is 64.7 Å². The molecule has 0 fully saturated rings. The van der Waals surface area contributed by atoms with Crippen LogP contribution in [0.3, 0.4) is 0 Å². The monoisotopic (exact) mass is 303 g/mol. The summed E-state index contributed by atoms with van der Waals surface area (Å²) in [5.74, 6) is 0.633. The van der Waals surface area contributed by atoms with Gasteiger partial charge in [0.05, 0.1) is 12.6 Å². The average molecular weight is 304 g/mol. The highest BCUT2D eigenvalue weighted by Crippen LogP contribution is 2.23. The molecule has 0 aromatic heterocycles. The van der Waals surface area contributed by atoms with Crippen molar-refractivity contribution >= 4 is 17.5 Å². The molecule has 0 saturated heterocycles. The fourth-order valence-electron chi connectivity index (χ4n) is 2.07. The molecule has 0 atom stereocenters. The fraction of sp³-hybridized carbons (Fsp3) is 0.235. The molecule has 0 bridgehead atoms. The van der Waals surface area contributed by atoms with Crippen molar-refractivity contribution in [2.75, 3.05) is 7.11 Å². The molecular formula is C17H18ClNO2. The van der Waals surface area contributed by atoms with Gasteiger partial charge >= 0.3 is 0 Å². The lowest BCUT2D eigenvalue weighted by Crippen LogP contribution is -2.40. The number of hydrogen-bond donors (Lipinski definition) is 1. The Labute approximate surface area is 129 Å². The summed E-state index contributed by atoms with van der Waals surface area (Å²) in [6, 6.07) is 14.5. The number of rotatable bonds is 4. The normalized spacial score (nSPS) is 11.0. The van der Waals surface area contributed by atoms with Gasteiger partial charge in [-0.15, -0.1) is 0 Å². The van der Waals surface area contributed by atoms with E-state index in [1.807, 2.05) is 38.1 Å². The maximum absolute atomic E-state index is 12.3. The van der Waals surface area contributed by atoms with Crippen LogP contribution in [-0.4, -0.2) is 13.0 Å². The van der Waals surface area contributed by atoms with Crippen LogP contribution in [0.5, 0.6) is 5.75 Å². The summed E-state index contributed by atoms with van der Waals surface area (Å²) in [6.07, 6.45) is 0. The van der Waals surface area contributed by atoms with Gasteiger partial charge in [0, 0.05) is 10.6 Å². The van der Waals surface area contributed by atoms with E-state index in [1.165, 1.54) is 0 Å². The van der Waals surface area contributed by atoms with Gasteiger partial charge in [-0.05, 0) is 49.7 Å². The first-order chi connectivity index (χ1) is 9.92. The van der Waals surface area contributed by atoms with Crippen molar-refractivity contribution in [2.24, 2.45) is 0 Å². The van der Waals surface area contributed by atoms with Crippen molar-refractivity contribution in [3.8, 4) is 5.75 Å². The maximum atomic E-state index is 12.3. The number of hydrogen-bond acceptors (Lipinski definition) is 2. The van der Waals surface area contributed by atoms with Crippen LogP contribution in [0.25, 0.3) is 0 Å². The molecule has 2 aromatic carbocycles. The molecule has 0 saturated carbocycles. The molecule has 0 unspecified atom stereocenters. The molecule has 0 radical (unpaired) electrons. The summed E-state index contributed by atoms with van der Waals surface area (Å²) < 4.78 is 5.14. The Morgan fingerprint density at radius 1 is 1.14 bits per heavy atom. The lowest BCUT2D eigenvalue weighted by Gasteiger charge is -2.27. The van der Waals surface area contributed by atoms with Crippen molar-refractivity contribution in [3.63, 3.8) is 0 Å². The molecule has 21 heavy (non-hydrogen) atoms. The molecule has 2 rings (SSSR count). The summed E-state index contributed by atoms with van der Waals surface area (Å²) in [4.78, 5) is 12.3. The summed E-state index contributed by atoms with van der Waals surface area (Å²) in [5.41, 5.74) is 1.05. The van der Waals surface area contributed by atoms with Gasteiger partial charge < -0.3 is 10.1 Å². The molecule has 0 aliphatic carbocycles. The van der Waals surface area contributed by atoms with Gasteiger partial charge in [0.1, 0.15) is 5.75 Å². The van der Waals surface area contributed by atoms with E-state index in [9.17, 15) is 4.79 Å². The van der Waals surface area contributed by atoms with Crippen molar-refractivity contribution in [1.29, 1.82) is 0 Å². The molecule has 0 heterocycles. The van der Waals surface area contributed by atoms with E-state index in [-0.39, 0.29) is 5.91 Å². The molecule has 0 aliphatic rings. The van der Waals surface area contributed by atoms with Gasteiger partial charge in [-0.1, -0.05) is 29.8 Å². The van der Waals surface area contributed by atoms with Crippen LogP contribution < -0.4 is 10.1 Å². The highest BCUT2D eigenvalue weighted by molar-refractivity contribution is 6.30. The Hall–Kier alpha value is -2.00. The second kappa shape index (κ2) is 6.19. The van der Waals surface area contributed by atoms with Gasteiger partial charge in [-0.2, -0.15) is 0 Å². The van der Waals surface area contributed by atoms with Gasteiger partial charge in [0.15, 0.2) is 0 Å². The van der Waals surface area contributed by atoms with Gasteiger partial charge in [-0.3, -0.25) is 4.79 Å². The highest BCUT2D eigenvalue weighted by atomic mass is 35.5. The van der Waals surface area contributed by atoms with E-state index in [1.54, 1.807) is 31.4 Å². The van der Waals surface area contributed by atoms with Crippen LogP contribution in [0, 0.1) is 0 Å². The smallest absolute Gasteiger partial charge is 0.252 e.